The first-order valence-electron chi connectivity index (χ1n) is 8.83. The van der Waals surface area contributed by atoms with E-state index in [2.05, 4.69) is 25.9 Å². The summed E-state index contributed by atoms with van der Waals surface area (Å²) in [5, 5.41) is 8.27. The zero-order valence-corrected chi connectivity index (χ0v) is 15.7. The van der Waals surface area contributed by atoms with Gasteiger partial charge >= 0.3 is 6.03 Å². The number of nitrogens with zero attached hydrogens (tertiary/aromatic N) is 2. The number of H-pyrrole nitrogens is 1. The highest BCUT2D eigenvalue weighted by Gasteiger charge is 2.50. The molecule has 1 atom stereocenters. The number of nitrogens with one attached hydrogen (secondary N) is 4. The molecule has 2 aromatic heterocycles. The van der Waals surface area contributed by atoms with Crippen LogP contribution in [-0.2, 0) is 17.4 Å². The number of imide groups is 1. The molecule has 4 N–H and O–H groups in total. The van der Waals surface area contributed by atoms with Crippen molar-refractivity contribution in [1.29, 1.82) is 0 Å². The van der Waals surface area contributed by atoms with Crippen LogP contribution < -0.4 is 21.5 Å². The summed E-state index contributed by atoms with van der Waals surface area (Å²) in [4.78, 5) is 55.6. The van der Waals surface area contributed by atoms with Gasteiger partial charge in [0.1, 0.15) is 5.82 Å². The standard InChI is InChI=1S/C19H18N6O4/c1-10-7-14(26)22-13-8-11(3-4-12(10)13)15(27)21-9-19(16-20-5-6-25(16)2)17(28)23-18(29)24-19/h3-8H,9H2,1-2H3,(H,21,27)(H,22,26)(H2,23,24,28,29)/t19-/m1/s1. The lowest BCUT2D eigenvalue weighted by Crippen LogP contribution is -2.54. The lowest BCUT2D eigenvalue weighted by molar-refractivity contribution is -0.124. The van der Waals surface area contributed by atoms with Crippen molar-refractivity contribution in [2.75, 3.05) is 6.54 Å². The maximum Gasteiger partial charge on any atom is 0.322 e. The molecule has 3 aromatic rings. The summed E-state index contributed by atoms with van der Waals surface area (Å²) in [7, 11) is 1.69. The van der Waals surface area contributed by atoms with E-state index in [0.29, 0.717) is 16.9 Å². The summed E-state index contributed by atoms with van der Waals surface area (Å²) in [6.45, 7) is 1.62. The molecule has 10 heteroatoms. The summed E-state index contributed by atoms with van der Waals surface area (Å²) in [5.41, 5.74) is -0.138. The van der Waals surface area contributed by atoms with Crippen LogP contribution in [0.3, 0.4) is 0 Å². The van der Waals surface area contributed by atoms with E-state index in [1.54, 1.807) is 36.0 Å². The summed E-state index contributed by atoms with van der Waals surface area (Å²) >= 11 is 0. The van der Waals surface area contributed by atoms with Gasteiger partial charge in [0.15, 0.2) is 5.54 Å². The molecule has 1 aromatic carbocycles. The average Bonchev–Trinajstić information content (AvgIpc) is 3.22. The quantitative estimate of drug-likeness (QED) is 0.463. The van der Waals surface area contributed by atoms with Crippen LogP contribution in [0.15, 0.2) is 41.5 Å². The highest BCUT2D eigenvalue weighted by molar-refractivity contribution is 6.07. The molecule has 1 fully saturated rings. The normalized spacial score (nSPS) is 18.6. The Morgan fingerprint density at radius 3 is 2.69 bits per heavy atom. The van der Waals surface area contributed by atoms with Crippen molar-refractivity contribution < 1.29 is 14.4 Å². The molecule has 1 aliphatic heterocycles. The minimum atomic E-state index is -1.52. The fourth-order valence-electron chi connectivity index (χ4n) is 3.52. The van der Waals surface area contributed by atoms with Crippen LogP contribution in [0.4, 0.5) is 4.79 Å². The molecular weight excluding hydrogens is 376 g/mol. The van der Waals surface area contributed by atoms with Crippen molar-refractivity contribution in [3.63, 3.8) is 0 Å². The molecule has 4 rings (SSSR count). The Bertz CT molecular complexity index is 1230. The number of hydrogen-bond donors (Lipinski definition) is 4. The van der Waals surface area contributed by atoms with Crippen LogP contribution in [0.1, 0.15) is 21.7 Å². The number of urea groups is 1. The lowest BCUT2D eigenvalue weighted by atomic mass is 9.98. The number of aryl methyl sites for hydroxylation is 2. The van der Waals surface area contributed by atoms with Gasteiger partial charge in [-0.1, -0.05) is 6.07 Å². The van der Waals surface area contributed by atoms with Gasteiger partial charge in [-0.05, 0) is 24.6 Å². The number of carbonyl (C=O) groups is 3. The van der Waals surface area contributed by atoms with Crippen molar-refractivity contribution in [3.8, 4) is 0 Å². The predicted molar refractivity (Wildman–Crippen MR) is 103 cm³/mol. The van der Waals surface area contributed by atoms with Crippen molar-refractivity contribution in [2.24, 2.45) is 7.05 Å². The third-order valence-electron chi connectivity index (χ3n) is 4.97. The third kappa shape index (κ3) is 3.04. The second-order valence-electron chi connectivity index (χ2n) is 6.93. The van der Waals surface area contributed by atoms with Crippen LogP contribution in [-0.4, -0.2) is 38.9 Å². The molecule has 10 nitrogen and oxygen atoms in total. The molecule has 148 valence electrons. The second kappa shape index (κ2) is 6.59. The number of aromatic nitrogens is 3. The van der Waals surface area contributed by atoms with E-state index in [1.807, 2.05) is 6.92 Å². The van der Waals surface area contributed by atoms with Crippen LogP contribution in [0.25, 0.3) is 10.9 Å². The van der Waals surface area contributed by atoms with Gasteiger partial charge in [-0.15, -0.1) is 0 Å². The number of imidazole rings is 1. The van der Waals surface area contributed by atoms with Gasteiger partial charge in [0, 0.05) is 42.0 Å². The van der Waals surface area contributed by atoms with Gasteiger partial charge < -0.3 is 20.2 Å². The summed E-state index contributed by atoms with van der Waals surface area (Å²) in [5.74, 6) is -0.771. The van der Waals surface area contributed by atoms with E-state index in [9.17, 15) is 19.2 Å². The zero-order chi connectivity index (χ0) is 20.8. The van der Waals surface area contributed by atoms with Crippen LogP contribution >= 0.6 is 0 Å². The first-order chi connectivity index (χ1) is 13.8. The van der Waals surface area contributed by atoms with Gasteiger partial charge in [0.05, 0.1) is 6.54 Å². The Hall–Kier alpha value is -3.95. The lowest BCUT2D eigenvalue weighted by Gasteiger charge is -2.25. The van der Waals surface area contributed by atoms with Gasteiger partial charge in [0.2, 0.25) is 5.56 Å². The number of amides is 4. The minimum absolute atomic E-state index is 0.198. The van der Waals surface area contributed by atoms with E-state index < -0.39 is 23.4 Å². The summed E-state index contributed by atoms with van der Waals surface area (Å²) in [6.07, 6.45) is 3.14. The number of pyridine rings is 1. The van der Waals surface area contributed by atoms with E-state index >= 15 is 0 Å². The Balaban J connectivity index is 1.63. The topological polar surface area (TPSA) is 138 Å². The highest BCUT2D eigenvalue weighted by Crippen LogP contribution is 2.23. The number of carbonyl (C=O) groups excluding carboxylic acids is 3. The van der Waals surface area contributed by atoms with Crippen molar-refractivity contribution in [1.82, 2.24) is 30.5 Å². The first kappa shape index (κ1) is 18.4. The van der Waals surface area contributed by atoms with Gasteiger partial charge in [-0.25, -0.2) is 9.78 Å². The molecule has 0 radical (unpaired) electrons. The van der Waals surface area contributed by atoms with Crippen molar-refractivity contribution in [2.45, 2.75) is 12.5 Å². The average molecular weight is 394 g/mol. The molecule has 0 aliphatic carbocycles. The smallest absolute Gasteiger partial charge is 0.322 e. The van der Waals surface area contributed by atoms with E-state index in [0.717, 1.165) is 10.9 Å². The largest absolute Gasteiger partial charge is 0.349 e. The SMILES string of the molecule is Cc1cc(=O)[nH]c2cc(C(=O)NC[C@]3(c4nccn4C)NC(=O)NC3=O)ccc12. The first-order valence-corrected chi connectivity index (χ1v) is 8.83. The monoisotopic (exact) mass is 394 g/mol. The van der Waals surface area contributed by atoms with Gasteiger partial charge in [0.25, 0.3) is 11.8 Å². The Kier molecular flexibility index (Phi) is 4.18. The minimum Gasteiger partial charge on any atom is -0.349 e. The van der Waals surface area contributed by atoms with E-state index in [1.165, 1.54) is 12.3 Å². The number of aromatic amines is 1. The summed E-state index contributed by atoms with van der Waals surface area (Å²) in [6, 6.07) is 5.77. The Labute approximate surface area is 164 Å². The number of benzene rings is 1. The number of fused-ring (bicyclic) bond motifs is 1. The van der Waals surface area contributed by atoms with Crippen LogP contribution in [0, 0.1) is 6.92 Å². The van der Waals surface area contributed by atoms with E-state index in [4.69, 9.17) is 0 Å². The molecule has 3 heterocycles. The second-order valence-corrected chi connectivity index (χ2v) is 6.93. The number of hydrogen-bond acceptors (Lipinski definition) is 5. The van der Waals surface area contributed by atoms with Crippen molar-refractivity contribution >= 4 is 28.7 Å². The summed E-state index contributed by atoms with van der Waals surface area (Å²) < 4.78 is 1.60. The van der Waals surface area contributed by atoms with Crippen LogP contribution in [0.5, 0.6) is 0 Å². The molecule has 1 saturated heterocycles. The Morgan fingerprint density at radius 1 is 1.24 bits per heavy atom. The predicted octanol–water partition coefficient (Wildman–Crippen LogP) is 0.0347. The zero-order valence-electron chi connectivity index (χ0n) is 15.7. The highest BCUT2D eigenvalue weighted by atomic mass is 16.2. The molecule has 0 spiro atoms. The number of rotatable bonds is 4. The molecule has 0 bridgehead atoms. The molecular formula is C19H18N6O4. The van der Waals surface area contributed by atoms with Crippen LogP contribution in [0.2, 0.25) is 0 Å². The molecule has 0 saturated carbocycles. The molecule has 4 amide bonds. The molecule has 29 heavy (non-hydrogen) atoms. The fraction of sp³-hybridized carbons (Fsp3) is 0.211. The molecule has 0 unspecified atom stereocenters. The molecule has 1 aliphatic rings. The van der Waals surface area contributed by atoms with E-state index in [-0.39, 0.29) is 12.1 Å². The maximum atomic E-state index is 12.7. The van der Waals surface area contributed by atoms with Gasteiger partial charge in [-0.2, -0.15) is 0 Å². The fourth-order valence-corrected chi connectivity index (χ4v) is 3.52. The Morgan fingerprint density at radius 2 is 2.03 bits per heavy atom. The van der Waals surface area contributed by atoms with Gasteiger partial charge in [-0.3, -0.25) is 19.7 Å². The third-order valence-corrected chi connectivity index (χ3v) is 4.97. The van der Waals surface area contributed by atoms with Crippen molar-refractivity contribution in [3.05, 3.63) is 64.0 Å². The maximum absolute atomic E-state index is 12.7.